The molecule has 94 valence electrons. The lowest BCUT2D eigenvalue weighted by molar-refractivity contribution is 0.277. The van der Waals surface area contributed by atoms with Crippen molar-refractivity contribution in [2.24, 2.45) is 0 Å². The zero-order valence-corrected chi connectivity index (χ0v) is 10.4. The van der Waals surface area contributed by atoms with Gasteiger partial charge in [0.05, 0.1) is 23.9 Å². The summed E-state index contributed by atoms with van der Waals surface area (Å²) in [5.74, 6) is 1.72. The van der Waals surface area contributed by atoms with Crippen LogP contribution in [0, 0.1) is 0 Å². The minimum atomic E-state index is -0.156. The number of rotatable bonds is 2. The van der Waals surface area contributed by atoms with Gasteiger partial charge in [-0.3, -0.25) is 0 Å². The van der Waals surface area contributed by atoms with Crippen molar-refractivity contribution in [3.05, 3.63) is 35.0 Å². The van der Waals surface area contributed by atoms with Gasteiger partial charge in [-0.05, 0) is 12.1 Å². The third kappa shape index (κ3) is 1.93. The summed E-state index contributed by atoms with van der Waals surface area (Å²) in [4.78, 5) is 6.46. The number of aliphatic hydroxyl groups excluding tert-OH is 1. The van der Waals surface area contributed by atoms with Gasteiger partial charge in [-0.25, -0.2) is 4.98 Å². The van der Waals surface area contributed by atoms with Gasteiger partial charge in [0.25, 0.3) is 0 Å². The fraction of sp³-hybridized carbons (Fsp3) is 0.364. The van der Waals surface area contributed by atoms with Gasteiger partial charge in [-0.2, -0.15) is 0 Å². The van der Waals surface area contributed by atoms with Gasteiger partial charge in [0.2, 0.25) is 0 Å². The van der Waals surface area contributed by atoms with Crippen LogP contribution in [0.5, 0.6) is 0 Å². The van der Waals surface area contributed by atoms with Crippen molar-refractivity contribution >= 4 is 17.4 Å². The Balaban J connectivity index is 1.88. The second-order valence-electron chi connectivity index (χ2n) is 4.12. The molecule has 0 bridgehead atoms. The van der Waals surface area contributed by atoms with Gasteiger partial charge in [0.1, 0.15) is 12.1 Å². The van der Waals surface area contributed by atoms with E-state index in [1.54, 1.807) is 12.4 Å². The van der Waals surface area contributed by atoms with E-state index < -0.39 is 0 Å². The van der Waals surface area contributed by atoms with Gasteiger partial charge >= 0.3 is 0 Å². The van der Waals surface area contributed by atoms with E-state index in [1.165, 1.54) is 0 Å². The van der Waals surface area contributed by atoms with E-state index in [0.717, 1.165) is 24.7 Å². The lowest BCUT2D eigenvalue weighted by atomic mass is 10.3. The highest BCUT2D eigenvalue weighted by atomic mass is 35.5. The molecular formula is C11H12ClN5O. The zero-order valence-electron chi connectivity index (χ0n) is 9.62. The van der Waals surface area contributed by atoms with Crippen molar-refractivity contribution in [1.29, 1.82) is 0 Å². The molecule has 0 fully saturated rings. The minimum Gasteiger partial charge on any atom is -0.390 e. The first kappa shape index (κ1) is 11.4. The van der Waals surface area contributed by atoms with Crippen molar-refractivity contribution < 1.29 is 5.11 Å². The van der Waals surface area contributed by atoms with Crippen molar-refractivity contribution in [3.8, 4) is 0 Å². The number of anilines is 1. The molecule has 1 N–H and O–H groups in total. The van der Waals surface area contributed by atoms with E-state index in [9.17, 15) is 5.11 Å². The summed E-state index contributed by atoms with van der Waals surface area (Å²) in [5.41, 5.74) is 0.501. The molecule has 1 aliphatic heterocycles. The molecule has 7 heteroatoms. The molecule has 1 aliphatic rings. The van der Waals surface area contributed by atoms with Crippen LogP contribution < -0.4 is 4.90 Å². The second-order valence-corrected chi connectivity index (χ2v) is 4.53. The standard InChI is InChI=1S/C11H12ClN5O/c12-8-1-2-10(14-9(8)6-18)16-3-4-17-7-13-15-11(17)5-16/h1-2,7,18H,3-6H2. The molecule has 3 rings (SSSR count). The number of hydrogen-bond acceptors (Lipinski definition) is 5. The van der Waals surface area contributed by atoms with E-state index in [-0.39, 0.29) is 6.61 Å². The molecule has 18 heavy (non-hydrogen) atoms. The van der Waals surface area contributed by atoms with Gasteiger partial charge in [0, 0.05) is 13.1 Å². The number of nitrogens with zero attached hydrogens (tertiary/aromatic N) is 5. The van der Waals surface area contributed by atoms with E-state index in [4.69, 9.17) is 11.6 Å². The Bertz CT molecular complexity index is 570. The molecule has 6 nitrogen and oxygen atoms in total. The smallest absolute Gasteiger partial charge is 0.152 e. The summed E-state index contributed by atoms with van der Waals surface area (Å²) < 4.78 is 2.03. The number of aliphatic hydroxyl groups is 1. The molecule has 0 unspecified atom stereocenters. The molecule has 2 aromatic rings. The lowest BCUT2D eigenvalue weighted by Gasteiger charge is -2.28. The predicted molar refractivity (Wildman–Crippen MR) is 66.2 cm³/mol. The highest BCUT2D eigenvalue weighted by Gasteiger charge is 2.19. The first-order valence-corrected chi connectivity index (χ1v) is 6.03. The Morgan fingerprint density at radius 1 is 1.33 bits per heavy atom. The monoisotopic (exact) mass is 265 g/mol. The third-order valence-corrected chi connectivity index (χ3v) is 3.36. The maximum Gasteiger partial charge on any atom is 0.152 e. The van der Waals surface area contributed by atoms with Crippen LogP contribution in [0.25, 0.3) is 0 Å². The average Bonchev–Trinajstić information content (AvgIpc) is 2.86. The number of aromatic nitrogens is 4. The summed E-state index contributed by atoms with van der Waals surface area (Å²) in [6.07, 6.45) is 1.74. The van der Waals surface area contributed by atoms with Crippen LogP contribution in [0.15, 0.2) is 18.5 Å². The Morgan fingerprint density at radius 2 is 2.22 bits per heavy atom. The van der Waals surface area contributed by atoms with Crippen molar-refractivity contribution in [2.75, 3.05) is 11.4 Å². The fourth-order valence-electron chi connectivity index (χ4n) is 2.02. The summed E-state index contributed by atoms with van der Waals surface area (Å²) in [7, 11) is 0. The lowest BCUT2D eigenvalue weighted by Crippen LogP contribution is -2.34. The normalized spacial score (nSPS) is 14.7. The Morgan fingerprint density at radius 3 is 3.06 bits per heavy atom. The first-order valence-electron chi connectivity index (χ1n) is 5.66. The summed E-state index contributed by atoms with van der Waals surface area (Å²) >= 11 is 5.93. The Labute approximate surface area is 109 Å². The van der Waals surface area contributed by atoms with Crippen LogP contribution in [0.4, 0.5) is 5.82 Å². The second kappa shape index (κ2) is 4.55. The number of halogens is 1. The van der Waals surface area contributed by atoms with Crippen molar-refractivity contribution in [1.82, 2.24) is 19.7 Å². The maximum atomic E-state index is 9.17. The van der Waals surface area contributed by atoms with Crippen LogP contribution in [0.1, 0.15) is 11.5 Å². The first-order chi connectivity index (χ1) is 8.78. The molecule has 0 aromatic carbocycles. The topological polar surface area (TPSA) is 67.1 Å². The van der Waals surface area contributed by atoms with Gasteiger partial charge in [-0.1, -0.05) is 11.6 Å². The zero-order chi connectivity index (χ0) is 12.5. The molecule has 0 aliphatic carbocycles. The maximum absolute atomic E-state index is 9.17. The Hall–Kier alpha value is -1.66. The largest absolute Gasteiger partial charge is 0.390 e. The molecular weight excluding hydrogens is 254 g/mol. The highest BCUT2D eigenvalue weighted by Crippen LogP contribution is 2.22. The SMILES string of the molecule is OCc1nc(N2CCn3cnnc3C2)ccc1Cl. The van der Waals surface area contributed by atoms with E-state index in [2.05, 4.69) is 20.1 Å². The molecule has 0 atom stereocenters. The van der Waals surface area contributed by atoms with Crippen molar-refractivity contribution in [2.45, 2.75) is 19.7 Å². The molecule has 0 amide bonds. The van der Waals surface area contributed by atoms with Crippen molar-refractivity contribution in [3.63, 3.8) is 0 Å². The van der Waals surface area contributed by atoms with Crippen LogP contribution in [-0.4, -0.2) is 31.4 Å². The molecule has 0 spiro atoms. The molecule has 0 saturated heterocycles. The van der Waals surface area contributed by atoms with Crippen LogP contribution in [0.3, 0.4) is 0 Å². The van der Waals surface area contributed by atoms with Crippen LogP contribution in [0.2, 0.25) is 5.02 Å². The highest BCUT2D eigenvalue weighted by molar-refractivity contribution is 6.31. The minimum absolute atomic E-state index is 0.156. The van der Waals surface area contributed by atoms with Gasteiger partial charge in [0.15, 0.2) is 5.82 Å². The molecule has 0 saturated carbocycles. The predicted octanol–water partition coefficient (Wildman–Crippen LogP) is 0.839. The van der Waals surface area contributed by atoms with Crippen LogP contribution in [-0.2, 0) is 19.7 Å². The summed E-state index contributed by atoms with van der Waals surface area (Å²) in [5, 5.41) is 17.6. The molecule has 2 aromatic heterocycles. The van der Waals surface area contributed by atoms with E-state index in [0.29, 0.717) is 17.3 Å². The summed E-state index contributed by atoms with van der Waals surface area (Å²) in [6.45, 7) is 2.18. The molecule has 0 radical (unpaired) electrons. The number of pyridine rings is 1. The fourth-order valence-corrected chi connectivity index (χ4v) is 2.19. The van der Waals surface area contributed by atoms with E-state index >= 15 is 0 Å². The molecule has 3 heterocycles. The average molecular weight is 266 g/mol. The quantitative estimate of drug-likeness (QED) is 0.872. The number of fused-ring (bicyclic) bond motifs is 1. The Kier molecular flexibility index (Phi) is 2.89. The number of hydrogen-bond donors (Lipinski definition) is 1. The summed E-state index contributed by atoms with van der Waals surface area (Å²) in [6, 6.07) is 3.61. The van der Waals surface area contributed by atoms with E-state index in [1.807, 2.05) is 10.6 Å². The van der Waals surface area contributed by atoms with Gasteiger partial charge in [-0.15, -0.1) is 10.2 Å². The van der Waals surface area contributed by atoms with Crippen LogP contribution >= 0.6 is 11.6 Å². The third-order valence-electron chi connectivity index (χ3n) is 3.02. The van der Waals surface area contributed by atoms with Gasteiger partial charge < -0.3 is 14.6 Å².